The minimum Gasteiger partial charge on any atom is -0.423 e. The first kappa shape index (κ1) is 23.2. The van der Waals surface area contributed by atoms with Crippen LogP contribution in [0.1, 0.15) is 50.0 Å². The van der Waals surface area contributed by atoms with Crippen molar-refractivity contribution >= 4 is 11.7 Å². The fourth-order valence-corrected chi connectivity index (χ4v) is 5.16. The summed E-state index contributed by atoms with van der Waals surface area (Å²) in [4.78, 5) is 18.9. The molecule has 1 aromatic carbocycles. The first-order valence-corrected chi connectivity index (χ1v) is 11.2. The monoisotopic (exact) mass is 493 g/mol. The van der Waals surface area contributed by atoms with Gasteiger partial charge in [0.05, 0.1) is 11.3 Å². The average Bonchev–Trinajstić information content (AvgIpc) is 3.31. The maximum absolute atomic E-state index is 14.9. The molecule has 35 heavy (non-hydrogen) atoms. The molecule has 0 unspecified atom stereocenters. The van der Waals surface area contributed by atoms with Gasteiger partial charge in [-0.2, -0.15) is 18.3 Å². The van der Waals surface area contributed by atoms with Gasteiger partial charge in [-0.15, -0.1) is 10.2 Å². The fraction of sp³-hybridized carbons (Fsp3) is 0.500. The highest BCUT2D eigenvalue weighted by Gasteiger charge is 2.60. The summed E-state index contributed by atoms with van der Waals surface area (Å²) in [6.45, 7) is 3.74. The summed E-state index contributed by atoms with van der Waals surface area (Å²) in [5, 5.41) is 14.4. The van der Waals surface area contributed by atoms with Crippen LogP contribution in [0.15, 0.2) is 22.9 Å². The second-order valence-electron chi connectivity index (χ2n) is 9.31. The third-order valence-corrected chi connectivity index (χ3v) is 6.76. The number of nitrogens with zero attached hydrogens (tertiary/aromatic N) is 6. The number of urea groups is 1. The Morgan fingerprint density at radius 1 is 1.29 bits per heavy atom. The zero-order valence-electron chi connectivity index (χ0n) is 19.2. The highest BCUT2D eigenvalue weighted by Crippen LogP contribution is 2.53. The summed E-state index contributed by atoms with van der Waals surface area (Å²) in [6.07, 6.45) is -0.852. The van der Waals surface area contributed by atoms with E-state index in [2.05, 4.69) is 32.5 Å². The molecule has 2 aromatic heterocycles. The molecule has 1 aliphatic carbocycles. The van der Waals surface area contributed by atoms with Crippen molar-refractivity contribution in [3.05, 3.63) is 41.6 Å². The second kappa shape index (κ2) is 8.02. The topological polar surface area (TPSA) is 102 Å². The number of nitrogens with one attached hydrogen (secondary N) is 1. The SMILES string of the molecule is Cc1nnc([C@@]23CC[C@@H](C)C[C@@H](C2)N3C(=O)Nc2cc(-c3ncn(C)n3)c(C(F)(F)F)cc2F)o1. The van der Waals surface area contributed by atoms with Crippen LogP contribution in [-0.2, 0) is 18.8 Å². The molecule has 1 N–H and O–H groups in total. The number of halogens is 4. The first-order chi connectivity index (χ1) is 16.5. The number of hydrogen-bond acceptors (Lipinski definition) is 6. The molecule has 186 valence electrons. The van der Waals surface area contributed by atoms with Crippen molar-refractivity contribution in [3.63, 3.8) is 0 Å². The molecule has 1 saturated carbocycles. The van der Waals surface area contributed by atoms with Crippen molar-refractivity contribution in [2.45, 2.75) is 57.3 Å². The number of likely N-dealkylation sites (tertiary alicyclic amines) is 1. The quantitative estimate of drug-likeness (QED) is 0.533. The molecule has 0 radical (unpaired) electrons. The zero-order chi connectivity index (χ0) is 25.1. The lowest BCUT2D eigenvalue weighted by atomic mass is 9.76. The largest absolute Gasteiger partial charge is 0.423 e. The van der Waals surface area contributed by atoms with Gasteiger partial charge in [0.1, 0.15) is 17.7 Å². The third-order valence-electron chi connectivity index (χ3n) is 6.76. The van der Waals surface area contributed by atoms with E-state index in [1.807, 2.05) is 0 Å². The molecule has 1 aliphatic heterocycles. The Balaban J connectivity index is 1.51. The highest BCUT2D eigenvalue weighted by atomic mass is 19.4. The Bertz CT molecular complexity index is 1290. The lowest BCUT2D eigenvalue weighted by Gasteiger charge is -2.54. The van der Waals surface area contributed by atoms with Crippen molar-refractivity contribution in [3.8, 4) is 11.4 Å². The maximum Gasteiger partial charge on any atom is 0.417 e. The van der Waals surface area contributed by atoms with Gasteiger partial charge >= 0.3 is 12.2 Å². The van der Waals surface area contributed by atoms with Crippen molar-refractivity contribution in [2.24, 2.45) is 13.0 Å². The van der Waals surface area contributed by atoms with Crippen LogP contribution < -0.4 is 5.32 Å². The summed E-state index contributed by atoms with van der Waals surface area (Å²) >= 11 is 0. The van der Waals surface area contributed by atoms with Gasteiger partial charge in [-0.3, -0.25) is 4.68 Å². The van der Waals surface area contributed by atoms with Gasteiger partial charge in [-0.1, -0.05) is 6.92 Å². The number of benzene rings is 1. The summed E-state index contributed by atoms with van der Waals surface area (Å²) < 4.78 is 62.7. The van der Waals surface area contributed by atoms with Crippen molar-refractivity contribution in [2.75, 3.05) is 5.32 Å². The number of fused-ring (bicyclic) bond motifs is 2. The van der Waals surface area contributed by atoms with Gasteiger partial charge in [0.2, 0.25) is 11.8 Å². The summed E-state index contributed by atoms with van der Waals surface area (Å²) in [5.41, 5.74) is -2.91. The Morgan fingerprint density at radius 3 is 2.69 bits per heavy atom. The molecule has 9 nitrogen and oxygen atoms in total. The van der Waals surface area contributed by atoms with E-state index in [4.69, 9.17) is 4.42 Å². The Labute approximate surface area is 197 Å². The summed E-state index contributed by atoms with van der Waals surface area (Å²) in [6, 6.07) is 0.476. The number of amides is 2. The smallest absolute Gasteiger partial charge is 0.417 e. The minimum absolute atomic E-state index is 0.144. The third kappa shape index (κ3) is 3.92. The van der Waals surface area contributed by atoms with Crippen LogP contribution >= 0.6 is 0 Å². The van der Waals surface area contributed by atoms with E-state index >= 15 is 0 Å². The van der Waals surface area contributed by atoms with Crippen LogP contribution in [0, 0.1) is 18.7 Å². The van der Waals surface area contributed by atoms with Crippen molar-refractivity contribution in [1.82, 2.24) is 29.9 Å². The Morgan fingerprint density at radius 2 is 2.06 bits per heavy atom. The number of carbonyl (C=O) groups excluding carboxylic acids is 1. The lowest BCUT2D eigenvalue weighted by molar-refractivity contribution is -0.137. The lowest BCUT2D eigenvalue weighted by Crippen LogP contribution is -2.66. The fourth-order valence-electron chi connectivity index (χ4n) is 5.16. The molecule has 1 saturated heterocycles. The van der Waals surface area contributed by atoms with E-state index in [9.17, 15) is 22.4 Å². The summed E-state index contributed by atoms with van der Waals surface area (Å²) in [5.74, 6) is -0.448. The van der Waals surface area contributed by atoms with E-state index in [0.29, 0.717) is 36.6 Å². The molecule has 2 aliphatic rings. The Hall–Kier alpha value is -3.51. The number of aromatic nitrogens is 5. The maximum atomic E-state index is 14.9. The predicted octanol–water partition coefficient (Wildman–Crippen LogP) is 4.65. The van der Waals surface area contributed by atoms with Crippen LogP contribution in [0.25, 0.3) is 11.4 Å². The van der Waals surface area contributed by atoms with E-state index in [0.717, 1.165) is 18.9 Å². The van der Waals surface area contributed by atoms with Gasteiger partial charge in [0, 0.05) is 32.0 Å². The molecule has 0 spiro atoms. The van der Waals surface area contributed by atoms with Crippen LogP contribution in [-0.4, -0.2) is 41.9 Å². The van der Waals surface area contributed by atoms with Crippen LogP contribution in [0.2, 0.25) is 0 Å². The van der Waals surface area contributed by atoms with E-state index in [1.165, 1.54) is 18.1 Å². The molecule has 3 heterocycles. The molecule has 2 fully saturated rings. The number of hydrogen-bond donors (Lipinski definition) is 1. The summed E-state index contributed by atoms with van der Waals surface area (Å²) in [7, 11) is 1.50. The van der Waals surface area contributed by atoms with E-state index < -0.39 is 40.4 Å². The van der Waals surface area contributed by atoms with Gasteiger partial charge < -0.3 is 14.6 Å². The number of aryl methyl sites for hydroxylation is 2. The molecule has 5 rings (SSSR count). The predicted molar refractivity (Wildman–Crippen MR) is 114 cm³/mol. The molecular formula is C22H23F4N7O2. The number of anilines is 1. The second-order valence-corrected chi connectivity index (χ2v) is 9.31. The molecular weight excluding hydrogens is 470 g/mol. The first-order valence-electron chi connectivity index (χ1n) is 11.2. The molecule has 3 aromatic rings. The van der Waals surface area contributed by atoms with Crippen LogP contribution in [0.5, 0.6) is 0 Å². The van der Waals surface area contributed by atoms with Crippen LogP contribution in [0.4, 0.5) is 28.0 Å². The zero-order valence-corrected chi connectivity index (χ0v) is 19.2. The van der Waals surface area contributed by atoms with Crippen LogP contribution in [0.3, 0.4) is 0 Å². The normalized spacial score (nSPS) is 24.1. The van der Waals surface area contributed by atoms with E-state index in [1.54, 1.807) is 11.8 Å². The number of carbonyl (C=O) groups is 1. The number of rotatable bonds is 3. The molecule has 2 bridgehead atoms. The standard InChI is InChI=1S/C22H23F4N7O2/c1-11-4-5-21(19-30-29-12(2)35-19)9-13(6-11)33(21)20(34)28-17-7-14(18-27-10-32(3)31-18)15(8-16(17)23)22(24,25)26/h7-8,10-11,13H,4-6,9H2,1-3H3,(H,28,34)/t11-,13+,21-/m1/s1. The van der Waals surface area contributed by atoms with Crippen molar-refractivity contribution in [1.29, 1.82) is 0 Å². The molecule has 2 amide bonds. The Kier molecular flexibility index (Phi) is 5.33. The van der Waals surface area contributed by atoms with Gasteiger partial charge in [0.25, 0.3) is 0 Å². The van der Waals surface area contributed by atoms with Gasteiger partial charge in [0.15, 0.2) is 5.82 Å². The van der Waals surface area contributed by atoms with E-state index in [-0.39, 0.29) is 11.9 Å². The number of alkyl halides is 3. The average molecular weight is 493 g/mol. The molecule has 13 heteroatoms. The molecule has 3 atom stereocenters. The van der Waals surface area contributed by atoms with Gasteiger partial charge in [-0.25, -0.2) is 14.2 Å². The van der Waals surface area contributed by atoms with Gasteiger partial charge in [-0.05, 0) is 37.3 Å². The van der Waals surface area contributed by atoms with Crippen molar-refractivity contribution < 1.29 is 26.8 Å². The minimum atomic E-state index is -4.85. The highest BCUT2D eigenvalue weighted by molar-refractivity contribution is 5.92.